The number of piperazine rings is 1. The molecule has 0 aromatic heterocycles. The highest BCUT2D eigenvalue weighted by Crippen LogP contribution is 2.46. The number of likely N-dealkylation sites (N-methyl/N-ethyl adjacent to an activating group) is 1. The molecular formula is C25H32N2O7S. The van der Waals surface area contributed by atoms with Gasteiger partial charge in [0, 0.05) is 54.2 Å². The zero-order valence-electron chi connectivity index (χ0n) is 20.1. The second-order valence-corrected chi connectivity index (χ2v) is 9.11. The molecule has 1 unspecified atom stereocenters. The van der Waals surface area contributed by atoms with Crippen LogP contribution in [0.3, 0.4) is 0 Å². The van der Waals surface area contributed by atoms with Gasteiger partial charge in [-0.25, -0.2) is 9.59 Å². The number of aliphatic carboxylic acids is 2. The molecule has 35 heavy (non-hydrogen) atoms. The summed E-state index contributed by atoms with van der Waals surface area (Å²) < 4.78 is 11.2. The standard InChI is InChI=1S/C21H26N2O2S.C4H4O4.H2O/c1-22-8-10-23(11-9-22)17-12-15-6-4-5-7-20(15)26-21-14-19(25-3)18(24-2)13-16(17)21;5-3(6)1-2-4(7)8;/h4-7,13-14,17H,8-12H2,1-3H3;1-2H,(H,5,6)(H,7,8);1H2/b;2-1-;. The number of carbonyl (C=O) groups is 2. The maximum Gasteiger partial charge on any atom is 0.328 e. The summed E-state index contributed by atoms with van der Waals surface area (Å²) in [6, 6.07) is 13.5. The molecule has 9 nitrogen and oxygen atoms in total. The number of ether oxygens (including phenoxy) is 2. The molecule has 2 aliphatic heterocycles. The van der Waals surface area contributed by atoms with Crippen molar-refractivity contribution < 1.29 is 34.8 Å². The molecule has 4 N–H and O–H groups in total. The Bertz CT molecular complexity index is 1040. The zero-order valence-corrected chi connectivity index (χ0v) is 20.9. The lowest BCUT2D eigenvalue weighted by Crippen LogP contribution is -2.46. The number of benzene rings is 2. The van der Waals surface area contributed by atoms with Crippen LogP contribution in [0.4, 0.5) is 0 Å². The Labute approximate surface area is 209 Å². The van der Waals surface area contributed by atoms with Gasteiger partial charge in [-0.1, -0.05) is 30.0 Å². The van der Waals surface area contributed by atoms with Gasteiger partial charge in [-0.05, 0) is 42.8 Å². The number of carboxylic acids is 2. The summed E-state index contributed by atoms with van der Waals surface area (Å²) in [4.78, 5) is 26.8. The Balaban J connectivity index is 0.000000418. The highest BCUT2D eigenvalue weighted by molar-refractivity contribution is 7.99. The quantitative estimate of drug-likeness (QED) is 0.590. The van der Waals surface area contributed by atoms with E-state index >= 15 is 0 Å². The number of fused-ring (bicyclic) bond motifs is 2. The van der Waals surface area contributed by atoms with Gasteiger partial charge >= 0.3 is 11.9 Å². The molecule has 0 spiro atoms. The SMILES string of the molecule is COc1cc2c(cc1OC)C(N1CCN(C)CC1)Cc1ccccc1S2.O.O=C(O)/C=C\C(=O)O. The van der Waals surface area contributed by atoms with Crippen molar-refractivity contribution in [2.75, 3.05) is 47.4 Å². The molecule has 1 fully saturated rings. The highest BCUT2D eigenvalue weighted by Gasteiger charge is 2.30. The third kappa shape index (κ3) is 7.46. The van der Waals surface area contributed by atoms with Gasteiger partial charge < -0.3 is 30.1 Å². The molecule has 4 rings (SSSR count). The van der Waals surface area contributed by atoms with E-state index in [0.29, 0.717) is 18.2 Å². The largest absolute Gasteiger partial charge is 0.493 e. The van der Waals surface area contributed by atoms with Gasteiger partial charge in [0.15, 0.2) is 11.5 Å². The Morgan fingerprint density at radius 1 is 0.943 bits per heavy atom. The lowest BCUT2D eigenvalue weighted by Gasteiger charge is -2.38. The lowest BCUT2D eigenvalue weighted by molar-refractivity contribution is -0.134. The number of hydrogen-bond donors (Lipinski definition) is 2. The molecule has 1 atom stereocenters. The van der Waals surface area contributed by atoms with Gasteiger partial charge in [0.05, 0.1) is 14.2 Å². The number of nitrogens with zero attached hydrogens (tertiary/aromatic N) is 2. The zero-order chi connectivity index (χ0) is 24.7. The fourth-order valence-corrected chi connectivity index (χ4v) is 5.18. The fourth-order valence-electron chi connectivity index (χ4n) is 4.04. The van der Waals surface area contributed by atoms with Crippen LogP contribution in [0, 0.1) is 0 Å². The lowest BCUT2D eigenvalue weighted by atomic mass is 9.96. The van der Waals surface area contributed by atoms with Gasteiger partial charge in [0.25, 0.3) is 0 Å². The minimum atomic E-state index is -1.26. The summed E-state index contributed by atoms with van der Waals surface area (Å²) in [5.41, 5.74) is 2.78. The first kappa shape index (κ1) is 28.2. The van der Waals surface area contributed by atoms with E-state index in [1.807, 2.05) is 11.8 Å². The Morgan fingerprint density at radius 2 is 1.51 bits per heavy atom. The molecule has 10 heteroatoms. The van der Waals surface area contributed by atoms with Crippen molar-refractivity contribution in [3.63, 3.8) is 0 Å². The van der Waals surface area contributed by atoms with E-state index < -0.39 is 11.9 Å². The molecule has 0 amide bonds. The third-order valence-corrected chi connectivity index (χ3v) is 7.02. The summed E-state index contributed by atoms with van der Waals surface area (Å²) in [5, 5.41) is 15.6. The molecule has 1 saturated heterocycles. The summed E-state index contributed by atoms with van der Waals surface area (Å²) in [6.07, 6.45) is 2.15. The molecule has 0 radical (unpaired) electrons. The normalized spacial score (nSPS) is 17.6. The van der Waals surface area contributed by atoms with Gasteiger partial charge in [-0.15, -0.1) is 0 Å². The number of hydrogen-bond acceptors (Lipinski definition) is 7. The fraction of sp³-hybridized carbons (Fsp3) is 0.360. The number of rotatable bonds is 5. The van der Waals surface area contributed by atoms with Crippen molar-refractivity contribution in [3.8, 4) is 11.5 Å². The minimum absolute atomic E-state index is 0. The smallest absolute Gasteiger partial charge is 0.328 e. The van der Waals surface area contributed by atoms with Crippen LogP contribution in [0.15, 0.2) is 58.3 Å². The monoisotopic (exact) mass is 504 g/mol. The summed E-state index contributed by atoms with van der Waals surface area (Å²) in [5.74, 6) is -0.896. The molecule has 2 heterocycles. The van der Waals surface area contributed by atoms with Crippen LogP contribution in [-0.2, 0) is 16.0 Å². The van der Waals surface area contributed by atoms with E-state index in [1.54, 1.807) is 14.2 Å². The summed E-state index contributed by atoms with van der Waals surface area (Å²) >= 11 is 1.85. The molecule has 0 bridgehead atoms. The maximum absolute atomic E-state index is 9.55. The van der Waals surface area contributed by atoms with Crippen LogP contribution in [-0.4, -0.2) is 84.9 Å². The predicted octanol–water partition coefficient (Wildman–Crippen LogP) is 2.59. The van der Waals surface area contributed by atoms with Crippen LogP contribution in [0.1, 0.15) is 17.2 Å². The summed E-state index contributed by atoms with van der Waals surface area (Å²) in [6.45, 7) is 4.44. The molecule has 2 aromatic rings. The van der Waals surface area contributed by atoms with Crippen molar-refractivity contribution in [2.24, 2.45) is 0 Å². The predicted molar refractivity (Wildman–Crippen MR) is 134 cm³/mol. The van der Waals surface area contributed by atoms with E-state index in [1.165, 1.54) is 20.9 Å². The average molecular weight is 505 g/mol. The first-order valence-electron chi connectivity index (χ1n) is 10.9. The summed E-state index contributed by atoms with van der Waals surface area (Å²) in [7, 11) is 5.63. The van der Waals surface area contributed by atoms with Crippen molar-refractivity contribution in [2.45, 2.75) is 22.3 Å². The van der Waals surface area contributed by atoms with Crippen LogP contribution in [0.5, 0.6) is 11.5 Å². The van der Waals surface area contributed by atoms with E-state index in [9.17, 15) is 9.59 Å². The average Bonchev–Trinajstić information content (AvgIpc) is 2.99. The van der Waals surface area contributed by atoms with Crippen LogP contribution in [0.25, 0.3) is 0 Å². The molecule has 2 aromatic carbocycles. The van der Waals surface area contributed by atoms with Crippen molar-refractivity contribution in [3.05, 3.63) is 59.7 Å². The highest BCUT2D eigenvalue weighted by atomic mass is 32.2. The second kappa shape index (κ2) is 13.1. The van der Waals surface area contributed by atoms with Gasteiger partial charge in [0.1, 0.15) is 0 Å². The second-order valence-electron chi connectivity index (χ2n) is 8.02. The van der Waals surface area contributed by atoms with E-state index in [2.05, 4.69) is 53.2 Å². The minimum Gasteiger partial charge on any atom is -0.493 e. The van der Waals surface area contributed by atoms with Gasteiger partial charge in [-0.3, -0.25) is 4.90 Å². The van der Waals surface area contributed by atoms with E-state index in [0.717, 1.165) is 44.1 Å². The number of methoxy groups -OCH3 is 2. The Morgan fingerprint density at radius 3 is 2.09 bits per heavy atom. The van der Waals surface area contributed by atoms with Gasteiger partial charge in [-0.2, -0.15) is 0 Å². The van der Waals surface area contributed by atoms with Crippen molar-refractivity contribution >= 4 is 23.7 Å². The molecule has 0 saturated carbocycles. The Kier molecular flexibility index (Phi) is 10.6. The third-order valence-electron chi connectivity index (χ3n) is 5.83. The van der Waals surface area contributed by atoms with E-state index in [4.69, 9.17) is 19.7 Å². The molecular weight excluding hydrogens is 472 g/mol. The Hall–Kier alpha value is -3.05. The van der Waals surface area contributed by atoms with Crippen LogP contribution in [0.2, 0.25) is 0 Å². The molecule has 190 valence electrons. The first-order chi connectivity index (χ1) is 16.3. The van der Waals surface area contributed by atoms with Crippen molar-refractivity contribution in [1.29, 1.82) is 0 Å². The maximum atomic E-state index is 9.55. The topological polar surface area (TPSA) is 131 Å². The first-order valence-corrected chi connectivity index (χ1v) is 11.7. The van der Waals surface area contributed by atoms with Crippen LogP contribution >= 0.6 is 11.8 Å². The van der Waals surface area contributed by atoms with Crippen molar-refractivity contribution in [1.82, 2.24) is 9.80 Å². The molecule has 0 aliphatic carbocycles. The van der Waals surface area contributed by atoms with Gasteiger partial charge in [0.2, 0.25) is 0 Å². The van der Waals surface area contributed by atoms with E-state index in [-0.39, 0.29) is 5.48 Å². The van der Waals surface area contributed by atoms with Crippen LogP contribution < -0.4 is 9.47 Å². The molecule has 2 aliphatic rings. The number of carboxylic acid groups (broad SMARTS) is 2.